The van der Waals surface area contributed by atoms with Gasteiger partial charge < -0.3 is 0 Å². The van der Waals surface area contributed by atoms with E-state index >= 15 is 0 Å². The molecular weight excluding hydrogens is 391 g/mol. The lowest BCUT2D eigenvalue weighted by atomic mass is 9.98. The molecule has 2 aromatic carbocycles. The number of benzene rings is 2. The highest BCUT2D eigenvalue weighted by molar-refractivity contribution is 7.89. The number of sulfonamides is 1. The number of nitrogens with two attached hydrogens (primary N) is 1. The largest absolute Gasteiger partial charge is 0.435 e. The minimum atomic E-state index is -4.62. The van der Waals surface area contributed by atoms with Gasteiger partial charge in [-0.25, -0.2) is 18.2 Å². The Morgan fingerprint density at radius 2 is 1.50 bits per heavy atom. The van der Waals surface area contributed by atoms with E-state index in [0.717, 1.165) is 27.4 Å². The number of aryl methyl sites for hydroxylation is 3. The van der Waals surface area contributed by atoms with E-state index in [0.29, 0.717) is 5.56 Å². The molecule has 9 heteroatoms. The molecule has 1 aromatic heterocycles. The molecule has 0 saturated carbocycles. The zero-order chi connectivity index (χ0) is 20.9. The van der Waals surface area contributed by atoms with Crippen LogP contribution in [0.3, 0.4) is 0 Å². The SMILES string of the molecule is Cc1cc(C)c(-c2cc(C(F)(F)F)nn2-c2ccc(S(N)(=O)=O)cc2)cc1C. The van der Waals surface area contributed by atoms with Crippen LogP contribution in [0.2, 0.25) is 0 Å². The van der Waals surface area contributed by atoms with Crippen molar-refractivity contribution in [1.82, 2.24) is 9.78 Å². The Kier molecular flexibility index (Phi) is 4.84. The van der Waals surface area contributed by atoms with Gasteiger partial charge in [-0.15, -0.1) is 0 Å². The van der Waals surface area contributed by atoms with Crippen LogP contribution in [0.15, 0.2) is 47.4 Å². The Balaban J connectivity index is 2.24. The minimum Gasteiger partial charge on any atom is -0.232 e. The molecule has 0 radical (unpaired) electrons. The van der Waals surface area contributed by atoms with Crippen molar-refractivity contribution < 1.29 is 21.6 Å². The molecule has 0 saturated heterocycles. The number of hydrogen-bond acceptors (Lipinski definition) is 3. The summed E-state index contributed by atoms with van der Waals surface area (Å²) in [6, 6.07) is 9.91. The molecule has 3 rings (SSSR count). The quantitative estimate of drug-likeness (QED) is 0.707. The molecule has 0 atom stereocenters. The maximum absolute atomic E-state index is 13.3. The van der Waals surface area contributed by atoms with Gasteiger partial charge in [-0.1, -0.05) is 6.07 Å². The van der Waals surface area contributed by atoms with E-state index in [1.807, 2.05) is 32.9 Å². The predicted octanol–water partition coefficient (Wildman–Crippen LogP) is 4.13. The fourth-order valence-electron chi connectivity index (χ4n) is 2.92. The normalized spacial score (nSPS) is 12.4. The molecule has 1 heterocycles. The maximum atomic E-state index is 13.3. The standard InChI is InChI=1S/C19H18F3N3O2S/c1-11-8-13(3)16(9-12(11)2)17-10-18(19(20,21)22)24-25(17)14-4-6-15(7-5-14)28(23,26)27/h4-10H,1-3H3,(H2,23,26,27). The minimum absolute atomic E-state index is 0.136. The molecule has 0 aliphatic carbocycles. The number of rotatable bonds is 3. The zero-order valence-electron chi connectivity index (χ0n) is 15.4. The molecule has 3 aromatic rings. The van der Waals surface area contributed by atoms with Gasteiger partial charge in [-0.2, -0.15) is 18.3 Å². The zero-order valence-corrected chi connectivity index (χ0v) is 16.2. The molecule has 0 spiro atoms. The van der Waals surface area contributed by atoms with Crippen molar-refractivity contribution in [2.75, 3.05) is 0 Å². The van der Waals surface area contributed by atoms with Crippen molar-refractivity contribution >= 4 is 10.0 Å². The molecular formula is C19H18F3N3O2S. The van der Waals surface area contributed by atoms with Crippen molar-refractivity contribution in [3.8, 4) is 16.9 Å². The first-order valence-electron chi connectivity index (χ1n) is 8.26. The highest BCUT2D eigenvalue weighted by Gasteiger charge is 2.35. The number of primary sulfonamides is 1. The lowest BCUT2D eigenvalue weighted by Crippen LogP contribution is -2.12. The Morgan fingerprint density at radius 1 is 0.929 bits per heavy atom. The molecule has 2 N–H and O–H groups in total. The predicted molar refractivity (Wildman–Crippen MR) is 99.6 cm³/mol. The van der Waals surface area contributed by atoms with Gasteiger partial charge in [0.15, 0.2) is 5.69 Å². The number of aromatic nitrogens is 2. The first-order valence-corrected chi connectivity index (χ1v) is 9.81. The summed E-state index contributed by atoms with van der Waals surface area (Å²) in [4.78, 5) is -0.136. The molecule has 0 bridgehead atoms. The van der Waals surface area contributed by atoms with Crippen molar-refractivity contribution in [1.29, 1.82) is 0 Å². The van der Waals surface area contributed by atoms with Crippen LogP contribution in [0.1, 0.15) is 22.4 Å². The Hall–Kier alpha value is -2.65. The second-order valence-electron chi connectivity index (χ2n) is 6.61. The van der Waals surface area contributed by atoms with Crippen LogP contribution in [0.25, 0.3) is 16.9 Å². The van der Waals surface area contributed by atoms with Crippen molar-refractivity contribution in [3.63, 3.8) is 0 Å². The second kappa shape index (κ2) is 6.75. The summed E-state index contributed by atoms with van der Waals surface area (Å²) < 4.78 is 63.9. The molecule has 0 aliphatic heterocycles. The Bertz CT molecular complexity index is 1150. The average molecular weight is 409 g/mol. The molecule has 148 valence electrons. The fourth-order valence-corrected chi connectivity index (χ4v) is 3.44. The van der Waals surface area contributed by atoms with Gasteiger partial charge in [-0.05, 0) is 73.9 Å². The van der Waals surface area contributed by atoms with Gasteiger partial charge >= 0.3 is 6.18 Å². The van der Waals surface area contributed by atoms with E-state index in [1.54, 1.807) is 0 Å². The lowest BCUT2D eigenvalue weighted by Gasteiger charge is -2.12. The lowest BCUT2D eigenvalue weighted by molar-refractivity contribution is -0.141. The summed E-state index contributed by atoms with van der Waals surface area (Å²) in [7, 11) is -3.91. The van der Waals surface area contributed by atoms with Crippen LogP contribution >= 0.6 is 0 Å². The average Bonchev–Trinajstić information content (AvgIpc) is 3.03. The summed E-state index contributed by atoms with van der Waals surface area (Å²) in [5, 5.41) is 8.80. The summed E-state index contributed by atoms with van der Waals surface area (Å²) >= 11 is 0. The molecule has 0 aliphatic rings. The summed E-state index contributed by atoms with van der Waals surface area (Å²) in [6.45, 7) is 5.62. The van der Waals surface area contributed by atoms with Gasteiger partial charge in [-0.3, -0.25) is 0 Å². The fraction of sp³-hybridized carbons (Fsp3) is 0.211. The van der Waals surface area contributed by atoms with Crippen molar-refractivity contribution in [2.24, 2.45) is 5.14 Å². The number of nitrogens with zero attached hydrogens (tertiary/aromatic N) is 2. The first-order chi connectivity index (χ1) is 12.9. The highest BCUT2D eigenvalue weighted by atomic mass is 32.2. The van der Waals surface area contributed by atoms with Crippen molar-refractivity contribution in [2.45, 2.75) is 31.8 Å². The van der Waals surface area contributed by atoms with Crippen LogP contribution in [0.4, 0.5) is 13.2 Å². The third kappa shape index (κ3) is 3.81. The van der Waals surface area contributed by atoms with Crippen LogP contribution in [0, 0.1) is 20.8 Å². The van der Waals surface area contributed by atoms with E-state index in [4.69, 9.17) is 5.14 Å². The van der Waals surface area contributed by atoms with Crippen LogP contribution in [-0.4, -0.2) is 18.2 Å². The van der Waals surface area contributed by atoms with E-state index in [-0.39, 0.29) is 16.3 Å². The summed E-state index contributed by atoms with van der Waals surface area (Å²) in [5.41, 5.74) is 2.90. The second-order valence-corrected chi connectivity index (χ2v) is 8.18. The summed E-state index contributed by atoms with van der Waals surface area (Å²) in [6.07, 6.45) is -4.62. The van der Waals surface area contributed by atoms with Crippen LogP contribution < -0.4 is 5.14 Å². The molecule has 5 nitrogen and oxygen atoms in total. The van der Waals surface area contributed by atoms with Gasteiger partial charge in [0, 0.05) is 5.56 Å². The maximum Gasteiger partial charge on any atom is 0.435 e. The van der Waals surface area contributed by atoms with E-state index < -0.39 is 21.9 Å². The molecule has 0 unspecified atom stereocenters. The third-order valence-corrected chi connectivity index (χ3v) is 5.46. The highest BCUT2D eigenvalue weighted by Crippen LogP contribution is 2.35. The monoisotopic (exact) mass is 409 g/mol. The topological polar surface area (TPSA) is 78.0 Å². The van der Waals surface area contributed by atoms with Crippen LogP contribution in [0.5, 0.6) is 0 Å². The van der Waals surface area contributed by atoms with Gasteiger partial charge in [0.1, 0.15) is 0 Å². The molecule has 0 fully saturated rings. The first kappa shape index (κ1) is 20.1. The van der Waals surface area contributed by atoms with Gasteiger partial charge in [0.25, 0.3) is 0 Å². The number of hydrogen-bond donors (Lipinski definition) is 1. The van der Waals surface area contributed by atoms with E-state index in [2.05, 4.69) is 5.10 Å². The van der Waals surface area contributed by atoms with E-state index in [1.165, 1.54) is 24.3 Å². The summed E-state index contributed by atoms with van der Waals surface area (Å²) in [5.74, 6) is 0. The van der Waals surface area contributed by atoms with Gasteiger partial charge in [0.2, 0.25) is 10.0 Å². The van der Waals surface area contributed by atoms with Crippen LogP contribution in [-0.2, 0) is 16.2 Å². The van der Waals surface area contributed by atoms with Crippen molar-refractivity contribution in [3.05, 3.63) is 64.8 Å². The smallest absolute Gasteiger partial charge is 0.232 e. The molecule has 28 heavy (non-hydrogen) atoms. The van der Waals surface area contributed by atoms with Gasteiger partial charge in [0.05, 0.1) is 16.3 Å². The Morgan fingerprint density at radius 3 is 2.04 bits per heavy atom. The number of alkyl halides is 3. The van der Waals surface area contributed by atoms with E-state index in [9.17, 15) is 21.6 Å². The Labute approximate surface area is 160 Å². The molecule has 0 amide bonds. The number of halogens is 3. The third-order valence-electron chi connectivity index (χ3n) is 4.53.